The van der Waals surface area contributed by atoms with E-state index in [-0.39, 0.29) is 24.4 Å². The molecule has 3 rings (SSSR count). The Labute approximate surface area is 177 Å². The molecule has 1 heterocycles. The van der Waals surface area contributed by atoms with E-state index in [2.05, 4.69) is 11.8 Å². The first-order valence-electron chi connectivity index (χ1n) is 9.12. The topological polar surface area (TPSA) is 23.6 Å². The van der Waals surface area contributed by atoms with Crippen molar-refractivity contribution in [3.63, 3.8) is 0 Å². The van der Waals surface area contributed by atoms with Gasteiger partial charge in [0.05, 0.1) is 6.42 Å². The lowest BCUT2D eigenvalue weighted by atomic mass is 10.0. The van der Waals surface area contributed by atoms with Crippen molar-refractivity contribution in [3.8, 4) is 0 Å². The van der Waals surface area contributed by atoms with Crippen molar-refractivity contribution in [2.75, 3.05) is 24.5 Å². The van der Waals surface area contributed by atoms with Crippen molar-refractivity contribution < 1.29 is 4.79 Å². The lowest BCUT2D eigenvalue weighted by Crippen LogP contribution is -2.48. The molecule has 6 heteroatoms. The van der Waals surface area contributed by atoms with Gasteiger partial charge in [-0.1, -0.05) is 48.3 Å². The molecule has 1 aliphatic rings. The van der Waals surface area contributed by atoms with Gasteiger partial charge in [-0.05, 0) is 55.3 Å². The number of rotatable bonds is 5. The Bertz CT molecular complexity index is 743. The van der Waals surface area contributed by atoms with Crippen LogP contribution in [0.2, 0.25) is 10.0 Å². The molecule has 0 radical (unpaired) electrons. The number of hydrogen-bond donors (Lipinski definition) is 0. The summed E-state index contributed by atoms with van der Waals surface area (Å²) in [4.78, 5) is 17.6. The molecule has 2 aromatic carbocycles. The number of likely N-dealkylation sites (tertiary alicyclic amines) is 1. The maximum atomic E-state index is 13.2. The average molecular weight is 428 g/mol. The summed E-state index contributed by atoms with van der Waals surface area (Å²) in [6.07, 6.45) is 2.26. The highest BCUT2D eigenvalue weighted by Gasteiger charge is 2.29. The fourth-order valence-corrected chi connectivity index (χ4v) is 3.87. The second-order valence-electron chi connectivity index (χ2n) is 6.67. The summed E-state index contributed by atoms with van der Waals surface area (Å²) in [5.74, 6) is 0.0790. The van der Waals surface area contributed by atoms with E-state index in [1.807, 2.05) is 53.4 Å². The highest BCUT2D eigenvalue weighted by molar-refractivity contribution is 6.31. The van der Waals surface area contributed by atoms with E-state index in [9.17, 15) is 4.79 Å². The predicted molar refractivity (Wildman–Crippen MR) is 116 cm³/mol. The minimum Gasteiger partial charge on any atom is -0.309 e. The molecule has 1 aliphatic heterocycles. The quantitative estimate of drug-likeness (QED) is 0.631. The van der Waals surface area contributed by atoms with Crippen LogP contribution in [0.4, 0.5) is 5.69 Å². The maximum absolute atomic E-state index is 13.2. The largest absolute Gasteiger partial charge is 0.309 e. The van der Waals surface area contributed by atoms with Gasteiger partial charge < -0.3 is 9.80 Å². The lowest BCUT2D eigenvalue weighted by Gasteiger charge is -2.38. The Morgan fingerprint density at radius 1 is 1.07 bits per heavy atom. The molecule has 1 amide bonds. The molecule has 0 atom stereocenters. The Morgan fingerprint density at radius 3 is 2.30 bits per heavy atom. The minimum absolute atomic E-state index is 0. The van der Waals surface area contributed by atoms with Crippen molar-refractivity contribution in [1.29, 1.82) is 0 Å². The van der Waals surface area contributed by atoms with Gasteiger partial charge in [0, 0.05) is 34.9 Å². The maximum Gasteiger partial charge on any atom is 0.231 e. The molecule has 2 aromatic rings. The zero-order chi connectivity index (χ0) is 18.5. The Kier molecular flexibility index (Phi) is 8.43. The number of nitrogens with zero attached hydrogens (tertiary/aromatic N) is 2. The van der Waals surface area contributed by atoms with Crippen LogP contribution in [0.5, 0.6) is 0 Å². The van der Waals surface area contributed by atoms with Crippen LogP contribution in [0.1, 0.15) is 25.3 Å². The molecule has 0 bridgehead atoms. The molecule has 146 valence electrons. The molecule has 1 saturated heterocycles. The second kappa shape index (κ2) is 10.3. The van der Waals surface area contributed by atoms with E-state index in [1.54, 1.807) is 0 Å². The highest BCUT2D eigenvalue weighted by atomic mass is 35.5. The van der Waals surface area contributed by atoms with Crippen LogP contribution in [0.15, 0.2) is 48.5 Å². The summed E-state index contributed by atoms with van der Waals surface area (Å²) in [6, 6.07) is 15.3. The zero-order valence-corrected chi connectivity index (χ0v) is 17.7. The normalized spacial score (nSPS) is 15.2. The van der Waals surface area contributed by atoms with Crippen molar-refractivity contribution >= 4 is 47.2 Å². The van der Waals surface area contributed by atoms with Gasteiger partial charge in [0.15, 0.2) is 0 Å². The number of hydrogen-bond acceptors (Lipinski definition) is 2. The van der Waals surface area contributed by atoms with Gasteiger partial charge in [-0.25, -0.2) is 0 Å². The number of benzene rings is 2. The Morgan fingerprint density at radius 2 is 1.70 bits per heavy atom. The summed E-state index contributed by atoms with van der Waals surface area (Å²) in [5.41, 5.74) is 1.77. The van der Waals surface area contributed by atoms with Crippen molar-refractivity contribution in [3.05, 3.63) is 64.1 Å². The standard InChI is InChI=1S/C21H24Cl2N2O.ClH/c1-2-24-13-11-19(12-14-24)25(18-9-7-17(22)8-10-18)21(26)15-16-5-3-4-6-20(16)23;/h3-10,19H,2,11-15H2,1H3;1H. The molecule has 27 heavy (non-hydrogen) atoms. The van der Waals surface area contributed by atoms with Crippen LogP contribution in [0.25, 0.3) is 0 Å². The van der Waals surface area contributed by atoms with Crippen molar-refractivity contribution in [2.45, 2.75) is 32.2 Å². The molecular weight excluding hydrogens is 403 g/mol. The smallest absolute Gasteiger partial charge is 0.231 e. The van der Waals surface area contributed by atoms with Crippen molar-refractivity contribution in [2.24, 2.45) is 0 Å². The monoisotopic (exact) mass is 426 g/mol. The predicted octanol–water partition coefficient (Wildman–Crippen LogP) is 5.48. The number of carbonyl (C=O) groups is 1. The first-order chi connectivity index (χ1) is 12.6. The third kappa shape index (κ3) is 5.61. The SMILES string of the molecule is CCN1CCC(N(C(=O)Cc2ccccc2Cl)c2ccc(Cl)cc2)CC1.Cl. The van der Waals surface area contributed by atoms with E-state index in [1.165, 1.54) is 0 Å². The number of carbonyl (C=O) groups excluding carboxylic acids is 1. The van der Waals surface area contributed by atoms with Crippen LogP contribution in [-0.2, 0) is 11.2 Å². The van der Waals surface area contributed by atoms with E-state index in [4.69, 9.17) is 23.2 Å². The van der Waals surface area contributed by atoms with Crippen LogP contribution in [0, 0.1) is 0 Å². The van der Waals surface area contributed by atoms with Crippen LogP contribution in [0.3, 0.4) is 0 Å². The summed E-state index contributed by atoms with van der Waals surface area (Å²) >= 11 is 12.3. The number of anilines is 1. The van der Waals surface area contributed by atoms with Gasteiger partial charge in [-0.15, -0.1) is 12.4 Å². The average Bonchev–Trinajstić information content (AvgIpc) is 2.66. The van der Waals surface area contributed by atoms with E-state index in [0.29, 0.717) is 16.5 Å². The summed E-state index contributed by atoms with van der Waals surface area (Å²) in [7, 11) is 0. The molecule has 0 aliphatic carbocycles. The molecule has 0 N–H and O–H groups in total. The Hall–Kier alpha value is -1.26. The molecule has 0 unspecified atom stereocenters. The third-order valence-electron chi connectivity index (χ3n) is 5.04. The molecule has 0 aromatic heterocycles. The van der Waals surface area contributed by atoms with E-state index < -0.39 is 0 Å². The van der Waals surface area contributed by atoms with E-state index in [0.717, 1.165) is 43.7 Å². The van der Waals surface area contributed by atoms with Crippen LogP contribution >= 0.6 is 35.6 Å². The molecule has 0 spiro atoms. The fourth-order valence-electron chi connectivity index (χ4n) is 3.54. The zero-order valence-electron chi connectivity index (χ0n) is 15.4. The van der Waals surface area contributed by atoms with Gasteiger partial charge in [0.1, 0.15) is 0 Å². The fraction of sp³-hybridized carbons (Fsp3) is 0.381. The van der Waals surface area contributed by atoms with Crippen LogP contribution in [-0.4, -0.2) is 36.5 Å². The first-order valence-corrected chi connectivity index (χ1v) is 9.87. The van der Waals surface area contributed by atoms with E-state index >= 15 is 0 Å². The molecule has 3 nitrogen and oxygen atoms in total. The van der Waals surface area contributed by atoms with Gasteiger partial charge >= 0.3 is 0 Å². The van der Waals surface area contributed by atoms with Gasteiger partial charge in [0.25, 0.3) is 0 Å². The second-order valence-corrected chi connectivity index (χ2v) is 7.52. The molecule has 1 fully saturated rings. The number of piperidine rings is 1. The Balaban J connectivity index is 0.00000261. The van der Waals surface area contributed by atoms with Gasteiger partial charge in [-0.3, -0.25) is 4.79 Å². The third-order valence-corrected chi connectivity index (χ3v) is 5.66. The summed E-state index contributed by atoms with van der Waals surface area (Å²) < 4.78 is 0. The highest BCUT2D eigenvalue weighted by Crippen LogP contribution is 2.27. The minimum atomic E-state index is 0. The number of halogens is 3. The van der Waals surface area contributed by atoms with Crippen molar-refractivity contribution in [1.82, 2.24) is 4.90 Å². The molecule has 0 saturated carbocycles. The molecular formula is C21H25Cl3N2O. The first kappa shape index (κ1) is 22.0. The lowest BCUT2D eigenvalue weighted by molar-refractivity contribution is -0.118. The number of amides is 1. The van der Waals surface area contributed by atoms with Gasteiger partial charge in [0.2, 0.25) is 5.91 Å². The summed E-state index contributed by atoms with van der Waals surface area (Å²) in [5, 5.41) is 1.31. The van der Waals surface area contributed by atoms with Crippen LogP contribution < -0.4 is 4.90 Å². The van der Waals surface area contributed by atoms with Gasteiger partial charge in [-0.2, -0.15) is 0 Å². The summed E-state index contributed by atoms with van der Waals surface area (Å²) in [6.45, 7) is 5.27.